The number of carbonyl (C=O) groups excluding carboxylic acids is 1. The lowest BCUT2D eigenvalue weighted by Gasteiger charge is -2.00. The van der Waals surface area contributed by atoms with Crippen molar-refractivity contribution in [3.8, 4) is 0 Å². The topological polar surface area (TPSA) is 49.7 Å². The quantitative estimate of drug-likeness (QED) is 0.343. The van der Waals surface area contributed by atoms with Gasteiger partial charge in [0, 0.05) is 5.56 Å². The zero-order valence-electron chi connectivity index (χ0n) is 6.99. The Labute approximate surface area is 80.6 Å². The average Bonchev–Trinajstić information content (AvgIpc) is 2.16. The Morgan fingerprint density at radius 3 is 2.62 bits per heavy atom. The molecule has 0 radical (unpaired) electrons. The number of benzene rings is 1. The minimum atomic E-state index is -0.367. The highest BCUT2D eigenvalue weighted by atomic mass is 35.5. The Morgan fingerprint density at radius 2 is 2.08 bits per heavy atom. The van der Waals surface area contributed by atoms with Crippen LogP contribution in [-0.4, -0.2) is 16.7 Å². The summed E-state index contributed by atoms with van der Waals surface area (Å²) < 4.78 is 0. The van der Waals surface area contributed by atoms with E-state index >= 15 is 0 Å². The molecule has 1 aromatic rings. The summed E-state index contributed by atoms with van der Waals surface area (Å²) in [5.74, 6) is -0.367. The van der Waals surface area contributed by atoms with Crippen molar-refractivity contribution in [3.05, 3.63) is 34.9 Å². The van der Waals surface area contributed by atoms with Gasteiger partial charge >= 0.3 is 0 Å². The summed E-state index contributed by atoms with van der Waals surface area (Å²) >= 11 is 5.76. The van der Waals surface area contributed by atoms with Crippen LogP contribution in [0.2, 0.25) is 5.02 Å². The molecule has 0 aromatic heterocycles. The number of nitrogens with zero attached hydrogens (tertiary/aromatic N) is 1. The van der Waals surface area contributed by atoms with Gasteiger partial charge in [0.2, 0.25) is 5.78 Å². The number of hydrogen-bond donors (Lipinski definition) is 1. The lowest BCUT2D eigenvalue weighted by molar-refractivity contribution is 0.106. The largest absolute Gasteiger partial charge is 0.411 e. The van der Waals surface area contributed by atoms with Gasteiger partial charge in [-0.25, -0.2) is 0 Å². The van der Waals surface area contributed by atoms with Gasteiger partial charge in [-0.2, -0.15) is 0 Å². The molecule has 1 rings (SSSR count). The van der Waals surface area contributed by atoms with Crippen molar-refractivity contribution in [3.63, 3.8) is 0 Å². The van der Waals surface area contributed by atoms with Gasteiger partial charge in [-0.3, -0.25) is 4.79 Å². The molecule has 0 spiro atoms. The SMILES string of the molecule is C/C(=N\O)C(=O)c1ccccc1Cl. The van der Waals surface area contributed by atoms with Crippen LogP contribution in [0.3, 0.4) is 0 Å². The van der Waals surface area contributed by atoms with Gasteiger partial charge < -0.3 is 5.21 Å². The maximum absolute atomic E-state index is 11.4. The van der Waals surface area contributed by atoms with Crippen LogP contribution in [0.15, 0.2) is 29.4 Å². The fraction of sp³-hybridized carbons (Fsp3) is 0.111. The Morgan fingerprint density at radius 1 is 1.46 bits per heavy atom. The van der Waals surface area contributed by atoms with E-state index in [1.165, 1.54) is 6.92 Å². The Hall–Kier alpha value is -1.35. The summed E-state index contributed by atoms with van der Waals surface area (Å²) in [6.45, 7) is 1.42. The Balaban J connectivity index is 3.10. The fourth-order valence-corrected chi connectivity index (χ4v) is 1.11. The van der Waals surface area contributed by atoms with E-state index in [1.54, 1.807) is 24.3 Å². The molecule has 0 saturated heterocycles. The second kappa shape index (κ2) is 4.05. The molecule has 0 heterocycles. The Kier molecular flexibility index (Phi) is 3.03. The van der Waals surface area contributed by atoms with E-state index in [2.05, 4.69) is 5.16 Å². The number of halogens is 1. The standard InChI is InChI=1S/C9H8ClNO2/c1-6(11-13)9(12)7-4-2-3-5-8(7)10/h2-5,13H,1H3/b11-6+. The van der Waals surface area contributed by atoms with Crippen LogP contribution >= 0.6 is 11.6 Å². The van der Waals surface area contributed by atoms with Gasteiger partial charge in [0.05, 0.1) is 5.02 Å². The molecule has 3 nitrogen and oxygen atoms in total. The molecule has 1 N–H and O–H groups in total. The molecule has 1 aromatic carbocycles. The van der Waals surface area contributed by atoms with Crippen molar-refractivity contribution in [1.82, 2.24) is 0 Å². The van der Waals surface area contributed by atoms with E-state index in [-0.39, 0.29) is 11.5 Å². The monoisotopic (exact) mass is 197 g/mol. The number of rotatable bonds is 2. The molecule has 0 saturated carbocycles. The highest BCUT2D eigenvalue weighted by molar-refractivity contribution is 6.48. The van der Waals surface area contributed by atoms with Gasteiger partial charge in [-0.05, 0) is 19.1 Å². The molecule has 4 heteroatoms. The molecule has 68 valence electrons. The van der Waals surface area contributed by atoms with Crippen LogP contribution < -0.4 is 0 Å². The van der Waals surface area contributed by atoms with Crippen LogP contribution in [0.4, 0.5) is 0 Å². The highest BCUT2D eigenvalue weighted by Gasteiger charge is 2.12. The predicted molar refractivity (Wildman–Crippen MR) is 50.7 cm³/mol. The summed E-state index contributed by atoms with van der Waals surface area (Å²) in [6.07, 6.45) is 0. The van der Waals surface area contributed by atoms with Crippen molar-refractivity contribution in [1.29, 1.82) is 0 Å². The van der Waals surface area contributed by atoms with Crippen molar-refractivity contribution in [2.45, 2.75) is 6.92 Å². The second-order valence-corrected chi connectivity index (χ2v) is 2.90. The average molecular weight is 198 g/mol. The molecular weight excluding hydrogens is 190 g/mol. The summed E-state index contributed by atoms with van der Waals surface area (Å²) in [5, 5.41) is 11.6. The summed E-state index contributed by atoms with van der Waals surface area (Å²) in [5.41, 5.74) is 0.368. The molecule has 0 unspecified atom stereocenters. The van der Waals surface area contributed by atoms with Gasteiger partial charge in [-0.15, -0.1) is 0 Å². The summed E-state index contributed by atoms with van der Waals surface area (Å²) in [6, 6.07) is 6.62. The minimum absolute atomic E-state index is 0.0214. The lowest BCUT2D eigenvalue weighted by atomic mass is 10.1. The van der Waals surface area contributed by atoms with E-state index in [1.807, 2.05) is 0 Å². The molecule has 0 aliphatic rings. The van der Waals surface area contributed by atoms with Crippen molar-refractivity contribution in [2.24, 2.45) is 5.16 Å². The van der Waals surface area contributed by atoms with Crippen molar-refractivity contribution < 1.29 is 10.0 Å². The van der Waals surface area contributed by atoms with E-state index in [0.717, 1.165) is 0 Å². The lowest BCUT2D eigenvalue weighted by Crippen LogP contribution is -2.10. The molecule has 13 heavy (non-hydrogen) atoms. The van der Waals surface area contributed by atoms with Gasteiger partial charge in [0.25, 0.3) is 0 Å². The zero-order chi connectivity index (χ0) is 9.84. The van der Waals surface area contributed by atoms with E-state index in [4.69, 9.17) is 16.8 Å². The molecule has 0 bridgehead atoms. The number of oxime groups is 1. The number of hydrogen-bond acceptors (Lipinski definition) is 3. The van der Waals surface area contributed by atoms with Gasteiger partial charge in [0.1, 0.15) is 5.71 Å². The van der Waals surface area contributed by atoms with E-state index < -0.39 is 0 Å². The predicted octanol–water partition coefficient (Wildman–Crippen LogP) is 2.37. The summed E-state index contributed by atoms with van der Waals surface area (Å²) in [4.78, 5) is 11.4. The van der Waals surface area contributed by atoms with Gasteiger partial charge in [0.15, 0.2) is 0 Å². The molecule has 0 aliphatic carbocycles. The Bertz CT molecular complexity index is 360. The maximum atomic E-state index is 11.4. The van der Waals surface area contributed by atoms with Crippen LogP contribution in [0, 0.1) is 0 Å². The number of carbonyl (C=O) groups is 1. The number of Topliss-reactive ketones (excluding diaryl/α,β-unsaturated/α-hetero) is 1. The zero-order valence-corrected chi connectivity index (χ0v) is 7.75. The van der Waals surface area contributed by atoms with Crippen molar-refractivity contribution in [2.75, 3.05) is 0 Å². The smallest absolute Gasteiger partial charge is 0.211 e. The normalized spacial score (nSPS) is 11.4. The molecular formula is C9H8ClNO2. The third kappa shape index (κ3) is 2.06. The minimum Gasteiger partial charge on any atom is -0.411 e. The first kappa shape index (κ1) is 9.74. The van der Waals surface area contributed by atoms with Crippen LogP contribution in [0.5, 0.6) is 0 Å². The first-order valence-electron chi connectivity index (χ1n) is 3.64. The third-order valence-electron chi connectivity index (χ3n) is 1.60. The highest BCUT2D eigenvalue weighted by Crippen LogP contribution is 2.15. The molecule has 0 aliphatic heterocycles. The van der Waals surface area contributed by atoms with Gasteiger partial charge in [-0.1, -0.05) is 28.9 Å². The fourth-order valence-electron chi connectivity index (χ4n) is 0.886. The van der Waals surface area contributed by atoms with Crippen LogP contribution in [0.25, 0.3) is 0 Å². The number of ketones is 1. The van der Waals surface area contributed by atoms with E-state index in [9.17, 15) is 4.79 Å². The third-order valence-corrected chi connectivity index (χ3v) is 1.93. The maximum Gasteiger partial charge on any atom is 0.211 e. The van der Waals surface area contributed by atoms with Crippen LogP contribution in [-0.2, 0) is 0 Å². The molecule has 0 amide bonds. The summed E-state index contributed by atoms with van der Waals surface area (Å²) in [7, 11) is 0. The molecule has 0 atom stereocenters. The molecule has 0 fully saturated rings. The van der Waals surface area contributed by atoms with Crippen LogP contribution in [0.1, 0.15) is 17.3 Å². The first-order valence-corrected chi connectivity index (χ1v) is 4.02. The van der Waals surface area contributed by atoms with E-state index in [0.29, 0.717) is 10.6 Å². The second-order valence-electron chi connectivity index (χ2n) is 2.49. The van der Waals surface area contributed by atoms with Crippen molar-refractivity contribution >= 4 is 23.1 Å². The first-order chi connectivity index (χ1) is 6.16.